The number of hydrogen-bond donors (Lipinski definition) is 0. The van der Waals surface area contributed by atoms with Crippen molar-refractivity contribution in [3.8, 4) is 0 Å². The minimum absolute atomic E-state index is 0.0537. The first-order chi connectivity index (χ1) is 6.13. The van der Waals surface area contributed by atoms with Gasteiger partial charge in [0.1, 0.15) is 0 Å². The van der Waals surface area contributed by atoms with Gasteiger partial charge in [-0.1, -0.05) is 0 Å². The van der Waals surface area contributed by atoms with Gasteiger partial charge in [0.05, 0.1) is 0 Å². The first-order valence-electron chi connectivity index (χ1n) is 3.69. The molecule has 1 aromatic carbocycles. The molecule has 1 heterocycles. The Morgan fingerprint density at radius 1 is 0.923 bits per heavy atom. The quantitative estimate of drug-likeness (QED) is 0.668. The third-order valence-electron chi connectivity index (χ3n) is 2.05. The summed E-state index contributed by atoms with van der Waals surface area (Å²) in [6.07, 6.45) is 0. The summed E-state index contributed by atoms with van der Waals surface area (Å²) >= 11 is 7.14. The molecule has 2 nitrogen and oxygen atoms in total. The predicted molar refractivity (Wildman–Crippen MR) is 61.4 cm³/mol. The van der Waals surface area contributed by atoms with Gasteiger partial charge in [-0.25, -0.2) is 0 Å². The Morgan fingerprint density at radius 3 is 1.69 bits per heavy atom. The topological polar surface area (TPSA) is 25.8 Å². The van der Waals surface area contributed by atoms with Crippen LogP contribution in [0.15, 0.2) is 8.95 Å². The van der Waals surface area contributed by atoms with Crippen molar-refractivity contribution in [1.82, 2.24) is 7.96 Å². The maximum absolute atomic E-state index is 4.41. The second kappa shape index (κ2) is 3.46. The number of nitrogens with zero attached hydrogens (tertiary/aromatic N) is 2. The van der Waals surface area contributed by atoms with Gasteiger partial charge in [0, 0.05) is 0 Å². The zero-order valence-electron chi connectivity index (χ0n) is 7.06. The Balaban J connectivity index is 3.02. The Bertz CT molecular complexity index is 436. The van der Waals surface area contributed by atoms with Crippen LogP contribution >= 0.6 is 31.9 Å². The van der Waals surface area contributed by atoms with Gasteiger partial charge in [0.25, 0.3) is 0 Å². The molecule has 0 aliphatic carbocycles. The first-order valence-corrected chi connectivity index (χ1v) is 6.81. The summed E-state index contributed by atoms with van der Waals surface area (Å²) in [5, 5.41) is 0. The molecule has 2 aromatic rings. The van der Waals surface area contributed by atoms with Crippen LogP contribution in [-0.2, 0) is 0 Å². The summed E-state index contributed by atoms with van der Waals surface area (Å²) in [6, 6.07) is 0. The molecular weight excluding hydrogens is 363 g/mol. The van der Waals surface area contributed by atoms with Crippen molar-refractivity contribution < 1.29 is 0 Å². The van der Waals surface area contributed by atoms with Crippen LogP contribution in [0.25, 0.3) is 11.0 Å². The normalized spacial score (nSPS) is 11.1. The molecule has 0 saturated carbocycles. The molecular formula is C8H6Br2N2Se. The van der Waals surface area contributed by atoms with Gasteiger partial charge in [-0.05, 0) is 0 Å². The molecule has 0 aliphatic heterocycles. The van der Waals surface area contributed by atoms with Crippen molar-refractivity contribution in [2.75, 3.05) is 0 Å². The summed E-state index contributed by atoms with van der Waals surface area (Å²) in [4.78, 5) is 0. The zero-order chi connectivity index (χ0) is 9.59. The monoisotopic (exact) mass is 368 g/mol. The Morgan fingerprint density at radius 2 is 1.31 bits per heavy atom. The molecule has 0 N–H and O–H groups in total. The summed E-state index contributed by atoms with van der Waals surface area (Å²) < 4.78 is 11.0. The van der Waals surface area contributed by atoms with E-state index < -0.39 is 0 Å². The summed E-state index contributed by atoms with van der Waals surface area (Å²) in [6.45, 7) is 4.13. The minimum atomic E-state index is 0.0537. The van der Waals surface area contributed by atoms with Crippen molar-refractivity contribution in [2.45, 2.75) is 13.8 Å². The van der Waals surface area contributed by atoms with E-state index in [0.29, 0.717) is 0 Å². The molecule has 2 rings (SSSR count). The standard InChI is InChI=1S/C8H6Br2N2Se/c1-3-5(9)6(10)4(2)8-7(3)11-13-12-8/h1-2H3. The zero-order valence-corrected chi connectivity index (χ0v) is 11.9. The van der Waals surface area contributed by atoms with Crippen molar-refractivity contribution in [3.05, 3.63) is 20.1 Å². The molecule has 0 fully saturated rings. The second-order valence-electron chi connectivity index (χ2n) is 2.84. The van der Waals surface area contributed by atoms with Crippen LogP contribution in [0.3, 0.4) is 0 Å². The van der Waals surface area contributed by atoms with Gasteiger partial charge >= 0.3 is 99.7 Å². The summed E-state index contributed by atoms with van der Waals surface area (Å²) in [5.74, 6) is 0. The van der Waals surface area contributed by atoms with Crippen molar-refractivity contribution in [2.24, 2.45) is 0 Å². The molecule has 13 heavy (non-hydrogen) atoms. The number of rotatable bonds is 0. The van der Waals surface area contributed by atoms with Crippen molar-refractivity contribution in [3.63, 3.8) is 0 Å². The van der Waals surface area contributed by atoms with Gasteiger partial charge in [-0.2, -0.15) is 0 Å². The average molecular weight is 369 g/mol. The Labute approximate surface area is 99.2 Å². The van der Waals surface area contributed by atoms with E-state index >= 15 is 0 Å². The van der Waals surface area contributed by atoms with Crippen LogP contribution in [0.5, 0.6) is 0 Å². The van der Waals surface area contributed by atoms with E-state index in [1.807, 2.05) is 0 Å². The van der Waals surface area contributed by atoms with Crippen LogP contribution in [0.4, 0.5) is 0 Å². The van der Waals surface area contributed by atoms with Crippen molar-refractivity contribution >= 4 is 57.9 Å². The van der Waals surface area contributed by atoms with Gasteiger partial charge in [0.2, 0.25) is 0 Å². The van der Waals surface area contributed by atoms with E-state index in [1.165, 1.54) is 11.1 Å². The Kier molecular flexibility index (Phi) is 2.62. The number of aromatic nitrogens is 2. The summed E-state index contributed by atoms with van der Waals surface area (Å²) in [5.41, 5.74) is 4.48. The van der Waals surface area contributed by atoms with Gasteiger partial charge < -0.3 is 0 Å². The van der Waals surface area contributed by atoms with Gasteiger partial charge in [-0.15, -0.1) is 0 Å². The molecule has 0 amide bonds. The molecule has 0 unspecified atom stereocenters. The van der Waals surface area contributed by atoms with Crippen LogP contribution in [0.2, 0.25) is 0 Å². The molecule has 0 saturated heterocycles. The van der Waals surface area contributed by atoms with Crippen molar-refractivity contribution in [1.29, 1.82) is 0 Å². The molecule has 0 bridgehead atoms. The van der Waals surface area contributed by atoms with Crippen LogP contribution in [0.1, 0.15) is 11.1 Å². The summed E-state index contributed by atoms with van der Waals surface area (Å²) in [7, 11) is 0. The second-order valence-corrected chi connectivity index (χ2v) is 5.53. The molecule has 0 atom stereocenters. The predicted octanol–water partition coefficient (Wildman–Crippen LogP) is 2.83. The number of halogens is 2. The SMILES string of the molecule is Cc1c(Br)c(Br)c(C)c2n[se]nc12. The first kappa shape index (κ1) is 9.84. The third kappa shape index (κ3) is 1.42. The molecule has 68 valence electrons. The molecule has 5 heteroatoms. The van der Waals surface area contributed by atoms with E-state index in [1.54, 1.807) is 0 Å². The van der Waals surface area contributed by atoms with Crippen LogP contribution < -0.4 is 0 Å². The van der Waals surface area contributed by atoms with Crippen LogP contribution in [-0.4, -0.2) is 22.9 Å². The van der Waals surface area contributed by atoms with E-state index in [-0.39, 0.29) is 15.0 Å². The van der Waals surface area contributed by atoms with Gasteiger partial charge in [0.15, 0.2) is 0 Å². The van der Waals surface area contributed by atoms with E-state index in [0.717, 1.165) is 20.0 Å². The fraction of sp³-hybridized carbons (Fsp3) is 0.250. The Hall–Kier alpha value is 0.299. The molecule has 1 aromatic heterocycles. The number of fused-ring (bicyclic) bond motifs is 1. The molecule has 0 aliphatic rings. The van der Waals surface area contributed by atoms with E-state index in [2.05, 4.69) is 53.7 Å². The average Bonchev–Trinajstić information content (AvgIpc) is 2.59. The van der Waals surface area contributed by atoms with Crippen LogP contribution in [0, 0.1) is 13.8 Å². The molecule has 0 radical (unpaired) electrons. The number of aryl methyl sites for hydroxylation is 2. The maximum atomic E-state index is 4.41. The number of benzene rings is 1. The van der Waals surface area contributed by atoms with Gasteiger partial charge in [-0.3, -0.25) is 0 Å². The van der Waals surface area contributed by atoms with E-state index in [9.17, 15) is 0 Å². The fourth-order valence-corrected chi connectivity index (χ4v) is 3.55. The number of hydrogen-bond acceptors (Lipinski definition) is 2. The third-order valence-corrected chi connectivity index (χ3v) is 5.67. The fourth-order valence-electron chi connectivity index (χ4n) is 1.22. The van der Waals surface area contributed by atoms with E-state index in [4.69, 9.17) is 0 Å². The molecule has 0 spiro atoms.